The average molecular weight is 341 g/mol. The number of hydrogen-bond donors (Lipinski definition) is 0. The molecule has 1 fully saturated rings. The number of rotatable bonds is 5. The zero-order valence-corrected chi connectivity index (χ0v) is 14.6. The number of amides is 1. The summed E-state index contributed by atoms with van der Waals surface area (Å²) in [5.41, 5.74) is 1.07. The molecule has 1 amide bonds. The molecule has 1 atom stereocenters. The molecular formula is C19H23N3O3. The Morgan fingerprint density at radius 3 is 2.96 bits per heavy atom. The van der Waals surface area contributed by atoms with Crippen LogP contribution >= 0.6 is 0 Å². The molecule has 6 nitrogen and oxygen atoms in total. The molecule has 0 bridgehead atoms. The van der Waals surface area contributed by atoms with Gasteiger partial charge in [0.05, 0.1) is 19.6 Å². The van der Waals surface area contributed by atoms with E-state index in [1.165, 1.54) is 0 Å². The number of ether oxygens (including phenoxy) is 2. The Morgan fingerprint density at radius 2 is 2.28 bits per heavy atom. The Bertz CT molecular complexity index is 782. The molecule has 0 spiro atoms. The Hall–Kier alpha value is -2.50. The van der Waals surface area contributed by atoms with Gasteiger partial charge in [0.1, 0.15) is 23.9 Å². The van der Waals surface area contributed by atoms with Crippen LogP contribution < -0.4 is 9.47 Å². The molecule has 2 aliphatic rings. The van der Waals surface area contributed by atoms with Gasteiger partial charge in [0.25, 0.3) is 0 Å². The zero-order chi connectivity index (χ0) is 17.4. The number of fused-ring (bicyclic) bond motifs is 1. The molecule has 25 heavy (non-hydrogen) atoms. The van der Waals surface area contributed by atoms with E-state index in [-0.39, 0.29) is 11.8 Å². The predicted molar refractivity (Wildman–Crippen MR) is 92.5 cm³/mol. The summed E-state index contributed by atoms with van der Waals surface area (Å²) in [4.78, 5) is 19.5. The number of carbonyl (C=O) groups is 1. The molecule has 2 heterocycles. The predicted octanol–water partition coefficient (Wildman–Crippen LogP) is 2.17. The normalized spacial score (nSPS) is 19.0. The fourth-order valence-corrected chi connectivity index (χ4v) is 3.35. The molecule has 1 aliphatic heterocycles. The zero-order valence-electron chi connectivity index (χ0n) is 14.6. The molecule has 0 radical (unpaired) electrons. The molecule has 0 saturated heterocycles. The lowest BCUT2D eigenvalue weighted by Gasteiger charge is -2.30. The maximum Gasteiger partial charge on any atom is 0.230 e. The average Bonchev–Trinajstić information content (AvgIpc) is 3.40. The van der Waals surface area contributed by atoms with Crippen molar-refractivity contribution in [3.63, 3.8) is 0 Å². The van der Waals surface area contributed by atoms with Crippen molar-refractivity contribution in [3.8, 4) is 11.5 Å². The van der Waals surface area contributed by atoms with Gasteiger partial charge in [-0.05, 0) is 30.9 Å². The van der Waals surface area contributed by atoms with Crippen LogP contribution in [0.2, 0.25) is 0 Å². The summed E-state index contributed by atoms with van der Waals surface area (Å²) in [5.74, 6) is 2.55. The van der Waals surface area contributed by atoms with E-state index in [1.807, 2.05) is 40.9 Å². The number of benzene rings is 1. The van der Waals surface area contributed by atoms with Gasteiger partial charge in [-0.3, -0.25) is 4.79 Å². The smallest absolute Gasteiger partial charge is 0.230 e. The van der Waals surface area contributed by atoms with Crippen molar-refractivity contribution in [2.75, 3.05) is 13.7 Å². The molecular weight excluding hydrogens is 318 g/mol. The molecule has 132 valence electrons. The van der Waals surface area contributed by atoms with Crippen molar-refractivity contribution < 1.29 is 14.3 Å². The van der Waals surface area contributed by atoms with E-state index < -0.39 is 0 Å². The highest BCUT2D eigenvalue weighted by Crippen LogP contribution is 2.34. The minimum Gasteiger partial charge on any atom is -0.497 e. The number of carbonyl (C=O) groups excluding carboxylic acids is 1. The van der Waals surface area contributed by atoms with E-state index in [4.69, 9.17) is 9.47 Å². The van der Waals surface area contributed by atoms with E-state index in [0.717, 1.165) is 35.7 Å². The molecule has 1 aromatic carbocycles. The molecule has 4 rings (SSSR count). The monoisotopic (exact) mass is 341 g/mol. The van der Waals surface area contributed by atoms with Crippen molar-refractivity contribution in [3.05, 3.63) is 42.0 Å². The molecule has 0 N–H and O–H groups in total. The number of nitrogens with zero attached hydrogens (tertiary/aromatic N) is 3. The summed E-state index contributed by atoms with van der Waals surface area (Å²) < 4.78 is 13.1. The Balaban J connectivity index is 1.50. The summed E-state index contributed by atoms with van der Waals surface area (Å²) >= 11 is 0. The van der Waals surface area contributed by atoms with Crippen molar-refractivity contribution >= 4 is 5.91 Å². The second-order valence-corrected chi connectivity index (χ2v) is 6.84. The first kappa shape index (κ1) is 16.0. The van der Waals surface area contributed by atoms with Crippen LogP contribution in [0.4, 0.5) is 0 Å². The first-order valence-electron chi connectivity index (χ1n) is 8.72. The Labute approximate surface area is 147 Å². The van der Waals surface area contributed by atoms with Crippen molar-refractivity contribution in [1.29, 1.82) is 0 Å². The van der Waals surface area contributed by atoms with E-state index >= 15 is 0 Å². The highest BCUT2D eigenvalue weighted by atomic mass is 16.5. The first-order valence-corrected chi connectivity index (χ1v) is 8.72. The van der Waals surface area contributed by atoms with Gasteiger partial charge in [0, 0.05) is 31.5 Å². The van der Waals surface area contributed by atoms with Crippen molar-refractivity contribution in [1.82, 2.24) is 14.5 Å². The van der Waals surface area contributed by atoms with Crippen LogP contribution in [0.15, 0.2) is 30.6 Å². The maximum absolute atomic E-state index is 13.1. The molecule has 2 aromatic rings. The van der Waals surface area contributed by atoms with Gasteiger partial charge in [-0.1, -0.05) is 6.07 Å². The van der Waals surface area contributed by atoms with Crippen LogP contribution in [-0.2, 0) is 24.8 Å². The van der Waals surface area contributed by atoms with E-state index in [0.29, 0.717) is 25.6 Å². The lowest BCUT2D eigenvalue weighted by molar-refractivity contribution is -0.138. The lowest BCUT2D eigenvalue weighted by Crippen LogP contribution is -2.42. The third-order valence-electron chi connectivity index (χ3n) is 5.03. The number of imidazole rings is 1. The quantitative estimate of drug-likeness (QED) is 0.836. The third-order valence-corrected chi connectivity index (χ3v) is 5.03. The summed E-state index contributed by atoms with van der Waals surface area (Å²) in [6, 6.07) is 6.15. The fourth-order valence-electron chi connectivity index (χ4n) is 3.35. The van der Waals surface area contributed by atoms with Crippen molar-refractivity contribution in [2.45, 2.75) is 31.8 Å². The third kappa shape index (κ3) is 3.21. The molecule has 6 heteroatoms. The maximum atomic E-state index is 13.1. The molecule has 0 unspecified atom stereocenters. The second-order valence-electron chi connectivity index (χ2n) is 6.84. The second kappa shape index (κ2) is 6.43. The van der Waals surface area contributed by atoms with Gasteiger partial charge < -0.3 is 18.9 Å². The SMILES string of the molecule is COc1ccc2c(c1)OC[C@@H](C(=O)N(Cc1nccn1C)C1CC1)C2. The summed E-state index contributed by atoms with van der Waals surface area (Å²) in [7, 11) is 3.60. The number of aryl methyl sites for hydroxylation is 1. The molecule has 1 aliphatic carbocycles. The van der Waals surface area contributed by atoms with Gasteiger partial charge in [-0.25, -0.2) is 4.98 Å². The fraction of sp³-hybridized carbons (Fsp3) is 0.474. The van der Waals surface area contributed by atoms with E-state index in [2.05, 4.69) is 4.98 Å². The summed E-state index contributed by atoms with van der Waals surface area (Å²) in [6.45, 7) is 0.988. The van der Waals surface area contributed by atoms with Gasteiger partial charge in [-0.2, -0.15) is 0 Å². The topological polar surface area (TPSA) is 56.6 Å². The van der Waals surface area contributed by atoms with E-state index in [9.17, 15) is 4.79 Å². The van der Waals surface area contributed by atoms with Crippen LogP contribution in [0.3, 0.4) is 0 Å². The highest BCUT2D eigenvalue weighted by molar-refractivity contribution is 5.80. The van der Waals surface area contributed by atoms with Gasteiger partial charge in [-0.15, -0.1) is 0 Å². The van der Waals surface area contributed by atoms with Crippen molar-refractivity contribution in [2.24, 2.45) is 13.0 Å². The van der Waals surface area contributed by atoms with E-state index in [1.54, 1.807) is 13.3 Å². The van der Waals surface area contributed by atoms with Crippen LogP contribution in [0.5, 0.6) is 11.5 Å². The van der Waals surface area contributed by atoms with Crippen LogP contribution in [0.1, 0.15) is 24.2 Å². The minimum atomic E-state index is -0.137. The minimum absolute atomic E-state index is 0.137. The van der Waals surface area contributed by atoms with Gasteiger partial charge in [0.2, 0.25) is 5.91 Å². The summed E-state index contributed by atoms with van der Waals surface area (Å²) in [5, 5.41) is 0. The number of aromatic nitrogens is 2. The highest BCUT2D eigenvalue weighted by Gasteiger charge is 2.38. The Morgan fingerprint density at radius 1 is 1.44 bits per heavy atom. The standard InChI is InChI=1S/C19H23N3O3/c1-21-8-7-20-18(21)11-22(15-4-5-15)19(23)14-9-13-3-6-16(24-2)10-17(13)25-12-14/h3,6-8,10,14-15H,4-5,9,11-12H2,1-2H3/t14-/m0/s1. The Kier molecular flexibility index (Phi) is 4.11. The van der Waals surface area contributed by atoms with Crippen LogP contribution in [0.25, 0.3) is 0 Å². The number of methoxy groups -OCH3 is 1. The largest absolute Gasteiger partial charge is 0.497 e. The van der Waals surface area contributed by atoms with Crippen LogP contribution in [0, 0.1) is 5.92 Å². The van der Waals surface area contributed by atoms with Crippen LogP contribution in [-0.4, -0.2) is 40.1 Å². The summed E-state index contributed by atoms with van der Waals surface area (Å²) in [6.07, 6.45) is 6.56. The first-order chi connectivity index (χ1) is 12.2. The molecule has 1 aromatic heterocycles. The lowest BCUT2D eigenvalue weighted by atomic mass is 9.95. The number of hydrogen-bond acceptors (Lipinski definition) is 4. The van der Waals surface area contributed by atoms with Gasteiger partial charge >= 0.3 is 0 Å². The van der Waals surface area contributed by atoms with Gasteiger partial charge in [0.15, 0.2) is 0 Å². The molecule has 1 saturated carbocycles.